The van der Waals surface area contributed by atoms with Crippen molar-refractivity contribution in [2.75, 3.05) is 0 Å². The van der Waals surface area contributed by atoms with Crippen molar-refractivity contribution in [2.45, 2.75) is 6.54 Å². The van der Waals surface area contributed by atoms with Crippen molar-refractivity contribution in [2.24, 2.45) is 7.05 Å². The van der Waals surface area contributed by atoms with Crippen molar-refractivity contribution in [1.82, 2.24) is 9.88 Å². The first kappa shape index (κ1) is 14.6. The highest BCUT2D eigenvalue weighted by Gasteiger charge is 2.21. The van der Waals surface area contributed by atoms with E-state index in [2.05, 4.69) is 5.32 Å². The fraction of sp³-hybridized carbons (Fsp3) is 0.154. The van der Waals surface area contributed by atoms with Gasteiger partial charge in [-0.05, 0) is 18.2 Å². The molecule has 0 fully saturated rings. The van der Waals surface area contributed by atoms with Crippen molar-refractivity contribution in [1.29, 1.82) is 0 Å². The molecule has 1 heterocycles. The number of benzene rings is 1. The number of amides is 1. The van der Waals surface area contributed by atoms with E-state index in [1.165, 1.54) is 0 Å². The first-order valence-corrected chi connectivity index (χ1v) is 5.92. The summed E-state index contributed by atoms with van der Waals surface area (Å²) in [6, 6.07) is 4.45. The molecule has 2 rings (SSSR count). The predicted octanol–water partition coefficient (Wildman–Crippen LogP) is 2.14. The zero-order valence-corrected chi connectivity index (χ0v) is 11.0. The summed E-state index contributed by atoms with van der Waals surface area (Å²) in [6.07, 6.45) is 1.77. The Morgan fingerprint density at radius 1 is 1.38 bits per heavy atom. The minimum absolute atomic E-state index is 0.125. The minimum atomic E-state index is -1.26. The molecule has 0 atom stereocenters. The van der Waals surface area contributed by atoms with Crippen LogP contribution < -0.4 is 5.32 Å². The standard InChI is InChI=1S/C13H11F2N3O3/c1-17-4-2-3-8(17)7-16-13(19)9-5-11(15)12(18(20)21)6-10(9)14/h2-6H,7H2,1H3,(H,16,19). The average molecular weight is 295 g/mol. The number of hydrogen-bond acceptors (Lipinski definition) is 3. The molecular weight excluding hydrogens is 284 g/mol. The van der Waals surface area contributed by atoms with Gasteiger partial charge in [-0.3, -0.25) is 14.9 Å². The fourth-order valence-electron chi connectivity index (χ4n) is 1.80. The Labute approximate surface area is 118 Å². The molecule has 0 aliphatic heterocycles. The van der Waals surface area contributed by atoms with Gasteiger partial charge in [0, 0.05) is 18.9 Å². The number of rotatable bonds is 4. The minimum Gasteiger partial charge on any atom is -0.353 e. The van der Waals surface area contributed by atoms with E-state index >= 15 is 0 Å². The van der Waals surface area contributed by atoms with Crippen LogP contribution in [0, 0.1) is 21.7 Å². The number of aryl methyl sites for hydroxylation is 1. The van der Waals surface area contributed by atoms with Gasteiger partial charge in [0.1, 0.15) is 5.82 Å². The lowest BCUT2D eigenvalue weighted by Crippen LogP contribution is -2.25. The lowest BCUT2D eigenvalue weighted by atomic mass is 10.1. The number of nitrogens with zero attached hydrogens (tertiary/aromatic N) is 2. The molecule has 1 amide bonds. The van der Waals surface area contributed by atoms with Crippen LogP contribution in [0.2, 0.25) is 0 Å². The van der Waals surface area contributed by atoms with Gasteiger partial charge in [0.15, 0.2) is 0 Å². The Morgan fingerprint density at radius 3 is 2.67 bits per heavy atom. The van der Waals surface area contributed by atoms with Crippen LogP contribution in [-0.2, 0) is 13.6 Å². The molecule has 0 unspecified atom stereocenters. The molecule has 0 aliphatic rings. The van der Waals surface area contributed by atoms with Crippen molar-refractivity contribution in [3.63, 3.8) is 0 Å². The number of nitro benzene ring substituents is 1. The van der Waals surface area contributed by atoms with Gasteiger partial charge in [0.05, 0.1) is 23.1 Å². The molecule has 0 bridgehead atoms. The summed E-state index contributed by atoms with van der Waals surface area (Å²) in [6.45, 7) is 0.125. The molecule has 2 aromatic rings. The second kappa shape index (κ2) is 5.70. The topological polar surface area (TPSA) is 77.2 Å². The quantitative estimate of drug-likeness (QED) is 0.693. The van der Waals surface area contributed by atoms with E-state index in [4.69, 9.17) is 0 Å². The molecule has 0 radical (unpaired) electrons. The van der Waals surface area contributed by atoms with Crippen LogP contribution in [0.1, 0.15) is 16.1 Å². The summed E-state index contributed by atoms with van der Waals surface area (Å²) in [7, 11) is 1.77. The van der Waals surface area contributed by atoms with Gasteiger partial charge in [-0.25, -0.2) is 4.39 Å². The summed E-state index contributed by atoms with van der Waals surface area (Å²) < 4.78 is 28.8. The van der Waals surface area contributed by atoms with Gasteiger partial charge in [0.2, 0.25) is 5.82 Å². The maximum atomic E-state index is 13.6. The molecule has 1 N–H and O–H groups in total. The average Bonchev–Trinajstić information content (AvgIpc) is 2.83. The molecule has 8 heteroatoms. The first-order chi connectivity index (χ1) is 9.90. The number of halogens is 2. The first-order valence-electron chi connectivity index (χ1n) is 5.92. The van der Waals surface area contributed by atoms with Crippen LogP contribution in [0.3, 0.4) is 0 Å². The van der Waals surface area contributed by atoms with Crippen molar-refractivity contribution in [3.05, 3.63) is 63.5 Å². The predicted molar refractivity (Wildman–Crippen MR) is 69.6 cm³/mol. The largest absolute Gasteiger partial charge is 0.353 e. The van der Waals surface area contributed by atoms with Crippen LogP contribution in [0.4, 0.5) is 14.5 Å². The molecule has 0 saturated carbocycles. The van der Waals surface area contributed by atoms with Gasteiger partial charge < -0.3 is 9.88 Å². The zero-order chi connectivity index (χ0) is 15.6. The van der Waals surface area contributed by atoms with Crippen LogP contribution >= 0.6 is 0 Å². The fourth-order valence-corrected chi connectivity index (χ4v) is 1.80. The third kappa shape index (κ3) is 3.04. The van der Waals surface area contributed by atoms with E-state index in [9.17, 15) is 23.7 Å². The van der Waals surface area contributed by atoms with E-state index in [1.807, 2.05) is 0 Å². The Kier molecular flexibility index (Phi) is 3.97. The summed E-state index contributed by atoms with van der Waals surface area (Å²) in [4.78, 5) is 21.2. The van der Waals surface area contributed by atoms with Gasteiger partial charge in [0.25, 0.3) is 5.91 Å². The maximum absolute atomic E-state index is 13.6. The van der Waals surface area contributed by atoms with E-state index in [0.29, 0.717) is 12.1 Å². The Morgan fingerprint density at radius 2 is 2.10 bits per heavy atom. The maximum Gasteiger partial charge on any atom is 0.307 e. The molecule has 0 saturated heterocycles. The van der Waals surface area contributed by atoms with E-state index in [0.717, 1.165) is 5.69 Å². The van der Waals surface area contributed by atoms with E-state index in [-0.39, 0.29) is 6.54 Å². The zero-order valence-electron chi connectivity index (χ0n) is 11.0. The molecular formula is C13H11F2N3O3. The van der Waals surface area contributed by atoms with Gasteiger partial charge in [-0.15, -0.1) is 0 Å². The van der Waals surface area contributed by atoms with Gasteiger partial charge in [-0.1, -0.05) is 0 Å². The van der Waals surface area contributed by atoms with E-state index < -0.39 is 33.7 Å². The van der Waals surface area contributed by atoms with Crippen molar-refractivity contribution in [3.8, 4) is 0 Å². The summed E-state index contributed by atoms with van der Waals surface area (Å²) in [5, 5.41) is 12.9. The molecule has 0 aliphatic carbocycles. The third-order valence-corrected chi connectivity index (χ3v) is 2.96. The second-order valence-electron chi connectivity index (χ2n) is 4.33. The highest BCUT2D eigenvalue weighted by atomic mass is 19.1. The van der Waals surface area contributed by atoms with Crippen molar-refractivity contribution >= 4 is 11.6 Å². The highest BCUT2D eigenvalue weighted by molar-refractivity contribution is 5.94. The molecule has 0 spiro atoms. The van der Waals surface area contributed by atoms with Crippen LogP contribution in [0.25, 0.3) is 0 Å². The van der Waals surface area contributed by atoms with E-state index in [1.54, 1.807) is 29.9 Å². The molecule has 21 heavy (non-hydrogen) atoms. The molecule has 1 aromatic heterocycles. The summed E-state index contributed by atoms with van der Waals surface area (Å²) in [5.41, 5.74) is -0.815. The lowest BCUT2D eigenvalue weighted by molar-refractivity contribution is -0.387. The van der Waals surface area contributed by atoms with Gasteiger partial charge >= 0.3 is 5.69 Å². The van der Waals surface area contributed by atoms with Gasteiger partial charge in [-0.2, -0.15) is 4.39 Å². The smallest absolute Gasteiger partial charge is 0.307 e. The SMILES string of the molecule is Cn1cccc1CNC(=O)c1cc(F)c([N+](=O)[O-])cc1F. The normalized spacial score (nSPS) is 10.4. The number of carbonyl (C=O) groups is 1. The number of nitro groups is 1. The lowest BCUT2D eigenvalue weighted by Gasteiger charge is -2.07. The molecule has 1 aromatic carbocycles. The summed E-state index contributed by atoms with van der Waals surface area (Å²) >= 11 is 0. The van der Waals surface area contributed by atoms with Crippen LogP contribution in [0.5, 0.6) is 0 Å². The Hall–Kier alpha value is -2.77. The molecule has 6 nitrogen and oxygen atoms in total. The second-order valence-corrected chi connectivity index (χ2v) is 4.33. The number of carbonyl (C=O) groups excluding carboxylic acids is 1. The van der Waals surface area contributed by atoms with Crippen LogP contribution in [0.15, 0.2) is 30.5 Å². The number of hydrogen-bond donors (Lipinski definition) is 1. The third-order valence-electron chi connectivity index (χ3n) is 2.96. The Bertz CT molecular complexity index is 713. The summed E-state index contributed by atoms with van der Waals surface area (Å²) in [5.74, 6) is -3.25. The Balaban J connectivity index is 2.18. The monoisotopic (exact) mass is 295 g/mol. The highest BCUT2D eigenvalue weighted by Crippen LogP contribution is 2.21. The van der Waals surface area contributed by atoms with Crippen molar-refractivity contribution < 1.29 is 18.5 Å². The van der Waals surface area contributed by atoms with Crippen LogP contribution in [-0.4, -0.2) is 15.4 Å². The number of aromatic nitrogens is 1. The molecule has 110 valence electrons. The number of nitrogens with one attached hydrogen (secondary N) is 1.